The zero-order valence-electron chi connectivity index (χ0n) is 13.0. The molecule has 0 bridgehead atoms. The summed E-state index contributed by atoms with van der Waals surface area (Å²) in [6, 6.07) is 14.1. The smallest absolute Gasteiger partial charge is 0.329 e. The van der Waals surface area contributed by atoms with Gasteiger partial charge in [-0.3, -0.25) is 9.59 Å². The molecular weight excluding hydrogens is 374 g/mol. The maximum absolute atomic E-state index is 11.8. The first-order valence-electron chi connectivity index (χ1n) is 7.22. The number of ether oxygens (including phenoxy) is 1. The van der Waals surface area contributed by atoms with Crippen molar-refractivity contribution in [3.8, 4) is 5.75 Å². The first kappa shape index (κ1) is 17.7. The molecule has 0 aliphatic heterocycles. The van der Waals surface area contributed by atoms with Crippen LogP contribution in [0.4, 0.5) is 5.69 Å². The predicted molar refractivity (Wildman–Crippen MR) is 96.1 cm³/mol. The van der Waals surface area contributed by atoms with Crippen molar-refractivity contribution < 1.29 is 14.3 Å². The SMILES string of the molecule is CCOc1ccccc1C=NNC(=O)C(=O)Nc1ccc(Br)cc1. The van der Waals surface area contributed by atoms with Crippen LogP contribution in [0.5, 0.6) is 5.75 Å². The second-order valence-corrected chi connectivity index (χ2v) is 5.55. The van der Waals surface area contributed by atoms with Crippen LogP contribution < -0.4 is 15.5 Å². The Morgan fingerprint density at radius 2 is 1.83 bits per heavy atom. The van der Waals surface area contributed by atoms with E-state index in [1.54, 1.807) is 36.4 Å². The third-order valence-electron chi connectivity index (χ3n) is 2.90. The molecule has 2 aromatic carbocycles. The molecule has 2 aromatic rings. The molecule has 124 valence electrons. The Balaban J connectivity index is 1.92. The fourth-order valence-electron chi connectivity index (χ4n) is 1.81. The Labute approximate surface area is 148 Å². The van der Waals surface area contributed by atoms with Crippen LogP contribution in [-0.4, -0.2) is 24.6 Å². The molecule has 0 aliphatic rings. The van der Waals surface area contributed by atoms with Gasteiger partial charge in [-0.05, 0) is 43.3 Å². The Hall–Kier alpha value is -2.67. The van der Waals surface area contributed by atoms with E-state index in [1.165, 1.54) is 6.21 Å². The molecule has 7 heteroatoms. The summed E-state index contributed by atoms with van der Waals surface area (Å²) in [4.78, 5) is 23.5. The van der Waals surface area contributed by atoms with Crippen molar-refractivity contribution in [2.24, 2.45) is 5.10 Å². The number of hydrazone groups is 1. The van der Waals surface area contributed by atoms with Gasteiger partial charge in [0.15, 0.2) is 0 Å². The lowest BCUT2D eigenvalue weighted by Crippen LogP contribution is -2.32. The van der Waals surface area contributed by atoms with Crippen molar-refractivity contribution in [2.45, 2.75) is 6.92 Å². The summed E-state index contributed by atoms with van der Waals surface area (Å²) in [5.41, 5.74) is 3.40. The number of amides is 2. The highest BCUT2D eigenvalue weighted by Crippen LogP contribution is 2.15. The standard InChI is InChI=1S/C17H16BrN3O3/c1-2-24-15-6-4-3-5-12(15)11-19-21-17(23)16(22)20-14-9-7-13(18)8-10-14/h3-11H,2H2,1H3,(H,20,22)(H,21,23). The van der Waals surface area contributed by atoms with Crippen molar-refractivity contribution in [3.05, 3.63) is 58.6 Å². The van der Waals surface area contributed by atoms with Crippen molar-refractivity contribution in [1.82, 2.24) is 5.43 Å². The third-order valence-corrected chi connectivity index (χ3v) is 3.43. The van der Waals surface area contributed by atoms with Crippen LogP contribution >= 0.6 is 15.9 Å². The number of halogens is 1. The van der Waals surface area contributed by atoms with Gasteiger partial charge in [0, 0.05) is 15.7 Å². The first-order valence-corrected chi connectivity index (χ1v) is 8.01. The van der Waals surface area contributed by atoms with Gasteiger partial charge >= 0.3 is 11.8 Å². The summed E-state index contributed by atoms with van der Waals surface area (Å²) in [6.45, 7) is 2.40. The topological polar surface area (TPSA) is 79.8 Å². The van der Waals surface area contributed by atoms with Gasteiger partial charge in [-0.1, -0.05) is 28.1 Å². The second kappa shape index (κ2) is 8.83. The molecule has 6 nitrogen and oxygen atoms in total. The fourth-order valence-corrected chi connectivity index (χ4v) is 2.07. The minimum atomic E-state index is -0.858. The molecule has 0 aliphatic carbocycles. The Morgan fingerprint density at radius 3 is 2.54 bits per heavy atom. The minimum absolute atomic E-state index is 0.518. The van der Waals surface area contributed by atoms with Gasteiger partial charge in [0.2, 0.25) is 0 Å². The number of anilines is 1. The molecular formula is C17H16BrN3O3. The van der Waals surface area contributed by atoms with Gasteiger partial charge in [-0.15, -0.1) is 0 Å². The summed E-state index contributed by atoms with van der Waals surface area (Å²) in [6.07, 6.45) is 1.43. The van der Waals surface area contributed by atoms with E-state index >= 15 is 0 Å². The van der Waals surface area contributed by atoms with Gasteiger partial charge in [0.1, 0.15) is 5.75 Å². The monoisotopic (exact) mass is 389 g/mol. The van der Waals surface area contributed by atoms with E-state index < -0.39 is 11.8 Å². The number of hydrogen-bond acceptors (Lipinski definition) is 4. The molecule has 0 saturated carbocycles. The molecule has 0 aromatic heterocycles. The van der Waals surface area contributed by atoms with Crippen LogP contribution in [0.1, 0.15) is 12.5 Å². The number of rotatable bonds is 5. The van der Waals surface area contributed by atoms with Crippen LogP contribution in [0.2, 0.25) is 0 Å². The molecule has 0 heterocycles. The number of carbonyl (C=O) groups excluding carboxylic acids is 2. The highest BCUT2D eigenvalue weighted by atomic mass is 79.9. The molecule has 2 amide bonds. The highest BCUT2D eigenvalue weighted by Gasteiger charge is 2.12. The van der Waals surface area contributed by atoms with Crippen molar-refractivity contribution in [2.75, 3.05) is 11.9 Å². The van der Waals surface area contributed by atoms with Crippen LogP contribution in [0.15, 0.2) is 58.1 Å². The molecule has 2 N–H and O–H groups in total. The van der Waals surface area contributed by atoms with E-state index in [0.717, 1.165) is 4.47 Å². The van der Waals surface area contributed by atoms with Crippen LogP contribution in [0.25, 0.3) is 0 Å². The number of carbonyl (C=O) groups is 2. The third kappa shape index (κ3) is 5.20. The summed E-state index contributed by atoms with van der Waals surface area (Å²) in [7, 11) is 0. The predicted octanol–water partition coefficient (Wildman–Crippen LogP) is 2.94. The van der Waals surface area contributed by atoms with Gasteiger partial charge in [0.25, 0.3) is 0 Å². The molecule has 0 unspecified atom stereocenters. The Morgan fingerprint density at radius 1 is 1.12 bits per heavy atom. The van der Waals surface area contributed by atoms with Crippen LogP contribution in [0, 0.1) is 0 Å². The quantitative estimate of drug-likeness (QED) is 0.468. The average Bonchev–Trinajstić information content (AvgIpc) is 2.58. The maximum Gasteiger partial charge on any atom is 0.329 e. The number of para-hydroxylation sites is 1. The van der Waals surface area contributed by atoms with Crippen molar-refractivity contribution >= 4 is 39.6 Å². The largest absolute Gasteiger partial charge is 0.493 e. The van der Waals surface area contributed by atoms with Crippen molar-refractivity contribution in [1.29, 1.82) is 0 Å². The Kier molecular flexibility index (Phi) is 6.51. The lowest BCUT2D eigenvalue weighted by molar-refractivity contribution is -0.136. The maximum atomic E-state index is 11.8. The number of nitrogens with one attached hydrogen (secondary N) is 2. The van der Waals surface area contributed by atoms with E-state index in [-0.39, 0.29) is 0 Å². The van der Waals surface area contributed by atoms with Crippen LogP contribution in [-0.2, 0) is 9.59 Å². The second-order valence-electron chi connectivity index (χ2n) is 4.63. The summed E-state index contributed by atoms with van der Waals surface area (Å²) < 4.78 is 6.32. The lowest BCUT2D eigenvalue weighted by Gasteiger charge is -2.06. The molecule has 0 atom stereocenters. The first-order chi connectivity index (χ1) is 11.6. The summed E-state index contributed by atoms with van der Waals surface area (Å²) in [5, 5.41) is 6.27. The fraction of sp³-hybridized carbons (Fsp3) is 0.118. The zero-order valence-corrected chi connectivity index (χ0v) is 14.5. The lowest BCUT2D eigenvalue weighted by atomic mass is 10.2. The molecule has 2 rings (SSSR count). The van der Waals surface area contributed by atoms with E-state index in [4.69, 9.17) is 4.74 Å². The molecule has 0 saturated heterocycles. The summed E-state index contributed by atoms with van der Waals surface area (Å²) >= 11 is 3.29. The van der Waals surface area contributed by atoms with Gasteiger partial charge in [-0.25, -0.2) is 5.43 Å². The molecule has 24 heavy (non-hydrogen) atoms. The zero-order chi connectivity index (χ0) is 17.4. The van der Waals surface area contributed by atoms with E-state index in [2.05, 4.69) is 31.8 Å². The van der Waals surface area contributed by atoms with E-state index in [0.29, 0.717) is 23.6 Å². The molecule has 0 fully saturated rings. The Bertz CT molecular complexity index is 745. The normalized spacial score (nSPS) is 10.4. The summed E-state index contributed by atoms with van der Waals surface area (Å²) in [5.74, 6) is -1.01. The number of hydrogen-bond donors (Lipinski definition) is 2. The average molecular weight is 390 g/mol. The van der Waals surface area contributed by atoms with Gasteiger partial charge in [-0.2, -0.15) is 5.10 Å². The minimum Gasteiger partial charge on any atom is -0.493 e. The van der Waals surface area contributed by atoms with Gasteiger partial charge in [0.05, 0.1) is 12.8 Å². The van der Waals surface area contributed by atoms with Crippen molar-refractivity contribution in [3.63, 3.8) is 0 Å². The number of nitrogens with zero attached hydrogens (tertiary/aromatic N) is 1. The van der Waals surface area contributed by atoms with Gasteiger partial charge < -0.3 is 10.1 Å². The van der Waals surface area contributed by atoms with Crippen LogP contribution in [0.3, 0.4) is 0 Å². The van der Waals surface area contributed by atoms with E-state index in [1.807, 2.05) is 19.1 Å². The molecule has 0 radical (unpaired) electrons. The highest BCUT2D eigenvalue weighted by molar-refractivity contribution is 9.10. The van der Waals surface area contributed by atoms with E-state index in [9.17, 15) is 9.59 Å². The number of benzene rings is 2. The molecule has 0 spiro atoms.